The Kier molecular flexibility index (Phi) is 3.67. The molecule has 0 radical (unpaired) electrons. The average molecular weight is 269 g/mol. The molecule has 5 nitrogen and oxygen atoms in total. The summed E-state index contributed by atoms with van der Waals surface area (Å²) in [5, 5.41) is 2.98. The van der Waals surface area contributed by atoms with Gasteiger partial charge in [0, 0.05) is 45.1 Å². The van der Waals surface area contributed by atoms with E-state index in [0.29, 0.717) is 5.95 Å². The maximum Gasteiger partial charge on any atom is 0.224 e. The zero-order chi connectivity index (χ0) is 13.8. The molecule has 20 heavy (non-hydrogen) atoms. The summed E-state index contributed by atoms with van der Waals surface area (Å²) < 4.78 is 0. The molecule has 1 N–H and O–H groups in total. The maximum atomic E-state index is 4.50. The molecule has 5 heteroatoms. The van der Waals surface area contributed by atoms with Crippen LogP contribution in [0.5, 0.6) is 0 Å². The Labute approximate surface area is 119 Å². The lowest BCUT2D eigenvalue weighted by Gasteiger charge is -2.36. The molecule has 0 amide bonds. The van der Waals surface area contributed by atoms with Crippen LogP contribution in [-0.4, -0.2) is 43.2 Å². The fourth-order valence-electron chi connectivity index (χ4n) is 2.48. The number of benzene rings is 1. The van der Waals surface area contributed by atoms with Crippen LogP contribution in [-0.2, 0) is 0 Å². The zero-order valence-corrected chi connectivity index (χ0v) is 11.7. The molecule has 3 rings (SSSR count). The first kappa shape index (κ1) is 12.7. The number of nitrogens with one attached hydrogen (secondary N) is 1. The lowest BCUT2D eigenvalue weighted by atomic mass is 10.2. The summed E-state index contributed by atoms with van der Waals surface area (Å²) in [6.45, 7) is 4.00. The van der Waals surface area contributed by atoms with Gasteiger partial charge in [-0.05, 0) is 18.2 Å². The van der Waals surface area contributed by atoms with Crippen LogP contribution < -0.4 is 15.1 Å². The first-order valence-electron chi connectivity index (χ1n) is 6.92. The van der Waals surface area contributed by atoms with E-state index in [9.17, 15) is 0 Å². The largest absolute Gasteiger partial charge is 0.368 e. The summed E-state index contributed by atoms with van der Waals surface area (Å²) in [4.78, 5) is 13.4. The molecule has 1 aliphatic heterocycles. The van der Waals surface area contributed by atoms with E-state index < -0.39 is 0 Å². The summed E-state index contributed by atoms with van der Waals surface area (Å²) in [5.74, 6) is 1.67. The van der Waals surface area contributed by atoms with Crippen LogP contribution >= 0.6 is 0 Å². The normalized spacial score (nSPS) is 15.2. The molecule has 1 fully saturated rings. The van der Waals surface area contributed by atoms with E-state index in [-0.39, 0.29) is 0 Å². The van der Waals surface area contributed by atoms with Crippen molar-refractivity contribution < 1.29 is 0 Å². The Morgan fingerprint density at radius 1 is 0.950 bits per heavy atom. The third kappa shape index (κ3) is 2.66. The van der Waals surface area contributed by atoms with Gasteiger partial charge in [-0.3, -0.25) is 0 Å². The third-order valence-electron chi connectivity index (χ3n) is 3.59. The second-order valence-electron chi connectivity index (χ2n) is 4.80. The highest BCUT2D eigenvalue weighted by Gasteiger charge is 2.18. The topological polar surface area (TPSA) is 44.3 Å². The quantitative estimate of drug-likeness (QED) is 0.921. The van der Waals surface area contributed by atoms with Gasteiger partial charge in [0.25, 0.3) is 0 Å². The van der Waals surface area contributed by atoms with E-state index in [1.54, 1.807) is 6.20 Å². The summed E-state index contributed by atoms with van der Waals surface area (Å²) in [7, 11) is 1.84. The Morgan fingerprint density at radius 3 is 2.35 bits per heavy atom. The molecule has 2 aromatic rings. The SMILES string of the molecule is CNc1nccc(N2CCN(c3ccccc3)CC2)n1. The number of hydrogen-bond acceptors (Lipinski definition) is 5. The monoisotopic (exact) mass is 269 g/mol. The second-order valence-corrected chi connectivity index (χ2v) is 4.80. The van der Waals surface area contributed by atoms with Crippen LogP contribution in [0, 0.1) is 0 Å². The lowest BCUT2D eigenvalue weighted by molar-refractivity contribution is 0.647. The minimum atomic E-state index is 0.674. The van der Waals surface area contributed by atoms with Crippen molar-refractivity contribution in [1.29, 1.82) is 0 Å². The van der Waals surface area contributed by atoms with E-state index in [4.69, 9.17) is 0 Å². The van der Waals surface area contributed by atoms with Gasteiger partial charge >= 0.3 is 0 Å². The number of anilines is 3. The number of hydrogen-bond donors (Lipinski definition) is 1. The molecular weight excluding hydrogens is 250 g/mol. The van der Waals surface area contributed by atoms with Crippen LogP contribution in [0.15, 0.2) is 42.6 Å². The first-order valence-corrected chi connectivity index (χ1v) is 6.92. The number of nitrogens with zero attached hydrogens (tertiary/aromatic N) is 4. The van der Waals surface area contributed by atoms with Crippen LogP contribution in [0.3, 0.4) is 0 Å². The third-order valence-corrected chi connectivity index (χ3v) is 3.59. The lowest BCUT2D eigenvalue weighted by Crippen LogP contribution is -2.46. The van der Waals surface area contributed by atoms with Crippen LogP contribution in [0.2, 0.25) is 0 Å². The van der Waals surface area contributed by atoms with Crippen LogP contribution in [0.1, 0.15) is 0 Å². The Hall–Kier alpha value is -2.30. The number of aromatic nitrogens is 2. The molecule has 2 heterocycles. The molecule has 0 bridgehead atoms. The van der Waals surface area contributed by atoms with E-state index in [1.165, 1.54) is 5.69 Å². The summed E-state index contributed by atoms with van der Waals surface area (Å²) in [6.07, 6.45) is 1.80. The van der Waals surface area contributed by atoms with Crippen molar-refractivity contribution in [1.82, 2.24) is 9.97 Å². The van der Waals surface area contributed by atoms with Crippen molar-refractivity contribution in [2.45, 2.75) is 0 Å². The average Bonchev–Trinajstić information content (AvgIpc) is 2.56. The molecule has 104 valence electrons. The smallest absolute Gasteiger partial charge is 0.224 e. The summed E-state index contributed by atoms with van der Waals surface area (Å²) in [6, 6.07) is 12.5. The minimum Gasteiger partial charge on any atom is -0.368 e. The van der Waals surface area contributed by atoms with Crippen molar-refractivity contribution in [3.63, 3.8) is 0 Å². The molecule has 1 saturated heterocycles. The molecule has 0 atom stereocenters. The molecule has 0 unspecified atom stereocenters. The predicted octanol–water partition coefficient (Wildman–Crippen LogP) is 1.84. The highest BCUT2D eigenvalue weighted by Crippen LogP contribution is 2.19. The van der Waals surface area contributed by atoms with Gasteiger partial charge in [0.05, 0.1) is 0 Å². The highest BCUT2D eigenvalue weighted by atomic mass is 15.3. The zero-order valence-electron chi connectivity index (χ0n) is 11.7. The standard InChI is InChI=1S/C15H19N5/c1-16-15-17-8-7-14(18-15)20-11-9-19(10-12-20)13-5-3-2-4-6-13/h2-8H,9-12H2,1H3,(H,16,17,18). The van der Waals surface area contributed by atoms with Gasteiger partial charge < -0.3 is 15.1 Å². The number of piperazine rings is 1. The van der Waals surface area contributed by atoms with Gasteiger partial charge in [-0.15, -0.1) is 0 Å². The van der Waals surface area contributed by atoms with Crippen molar-refractivity contribution in [2.24, 2.45) is 0 Å². The predicted molar refractivity (Wildman–Crippen MR) is 82.4 cm³/mol. The minimum absolute atomic E-state index is 0.674. The fraction of sp³-hybridized carbons (Fsp3) is 0.333. The van der Waals surface area contributed by atoms with E-state index in [2.05, 4.69) is 55.4 Å². The van der Waals surface area contributed by atoms with Crippen molar-refractivity contribution in [3.8, 4) is 0 Å². The van der Waals surface area contributed by atoms with Gasteiger partial charge in [0.2, 0.25) is 5.95 Å². The van der Waals surface area contributed by atoms with Gasteiger partial charge in [-0.25, -0.2) is 4.98 Å². The van der Waals surface area contributed by atoms with E-state index in [1.807, 2.05) is 13.1 Å². The number of para-hydroxylation sites is 1. The van der Waals surface area contributed by atoms with Gasteiger partial charge in [0.1, 0.15) is 5.82 Å². The van der Waals surface area contributed by atoms with Crippen molar-refractivity contribution in [3.05, 3.63) is 42.6 Å². The molecule has 1 aliphatic rings. The Balaban J connectivity index is 1.66. The molecule has 1 aromatic carbocycles. The summed E-state index contributed by atoms with van der Waals surface area (Å²) in [5.41, 5.74) is 1.30. The maximum absolute atomic E-state index is 4.50. The van der Waals surface area contributed by atoms with E-state index in [0.717, 1.165) is 32.0 Å². The molecule has 0 spiro atoms. The van der Waals surface area contributed by atoms with Crippen molar-refractivity contribution in [2.75, 3.05) is 48.3 Å². The van der Waals surface area contributed by atoms with Crippen molar-refractivity contribution >= 4 is 17.5 Å². The molecule has 1 aromatic heterocycles. The second kappa shape index (κ2) is 5.77. The van der Waals surface area contributed by atoms with Gasteiger partial charge in [-0.1, -0.05) is 18.2 Å². The highest BCUT2D eigenvalue weighted by molar-refractivity contribution is 5.49. The molecule has 0 saturated carbocycles. The van der Waals surface area contributed by atoms with E-state index >= 15 is 0 Å². The van der Waals surface area contributed by atoms with Gasteiger partial charge in [-0.2, -0.15) is 4.98 Å². The van der Waals surface area contributed by atoms with Crippen LogP contribution in [0.4, 0.5) is 17.5 Å². The fourth-order valence-corrected chi connectivity index (χ4v) is 2.48. The Morgan fingerprint density at radius 2 is 1.65 bits per heavy atom. The van der Waals surface area contributed by atoms with Crippen LogP contribution in [0.25, 0.3) is 0 Å². The number of rotatable bonds is 3. The first-order chi connectivity index (χ1) is 9.86. The van der Waals surface area contributed by atoms with Gasteiger partial charge in [0.15, 0.2) is 0 Å². The Bertz CT molecular complexity index is 549. The molecule has 0 aliphatic carbocycles. The molecular formula is C15H19N5. The summed E-state index contributed by atoms with van der Waals surface area (Å²) >= 11 is 0.